The monoisotopic (exact) mass is 367 g/mol. The smallest absolute Gasteiger partial charge is 0.329 e. The third-order valence-corrected chi connectivity index (χ3v) is 4.52. The highest BCUT2D eigenvalue weighted by atomic mass is 35.5. The van der Waals surface area contributed by atoms with Crippen molar-refractivity contribution in [1.29, 1.82) is 0 Å². The predicted molar refractivity (Wildman–Crippen MR) is 93.3 cm³/mol. The van der Waals surface area contributed by atoms with Crippen LogP contribution in [0.3, 0.4) is 0 Å². The summed E-state index contributed by atoms with van der Waals surface area (Å²) in [6.07, 6.45) is 3.33. The fourth-order valence-electron chi connectivity index (χ4n) is 2.87. The van der Waals surface area contributed by atoms with Crippen molar-refractivity contribution in [2.75, 3.05) is 6.54 Å². The van der Waals surface area contributed by atoms with Crippen LogP contribution in [-0.2, 0) is 16.1 Å². The Kier molecular flexibility index (Phi) is 6.64. The molecule has 1 aromatic carbocycles. The van der Waals surface area contributed by atoms with Gasteiger partial charge < -0.3 is 21.1 Å². The molecule has 0 heterocycles. The molecule has 1 saturated carbocycles. The summed E-state index contributed by atoms with van der Waals surface area (Å²) < 4.78 is 0. The van der Waals surface area contributed by atoms with E-state index in [4.69, 9.17) is 11.6 Å². The summed E-state index contributed by atoms with van der Waals surface area (Å²) in [6, 6.07) is 6.52. The van der Waals surface area contributed by atoms with Crippen molar-refractivity contribution in [2.24, 2.45) is 0 Å². The quantitative estimate of drug-likeness (QED) is 0.617. The second-order valence-corrected chi connectivity index (χ2v) is 6.60. The first-order valence-corrected chi connectivity index (χ1v) is 8.60. The Morgan fingerprint density at radius 2 is 1.68 bits per heavy atom. The molecule has 3 amide bonds. The first kappa shape index (κ1) is 19.1. The van der Waals surface area contributed by atoms with Crippen molar-refractivity contribution in [1.82, 2.24) is 16.0 Å². The minimum Gasteiger partial charge on any atom is -0.480 e. The molecular formula is C17H22ClN3O4. The van der Waals surface area contributed by atoms with Gasteiger partial charge in [0.15, 0.2) is 0 Å². The Morgan fingerprint density at radius 1 is 1.04 bits per heavy atom. The number of urea groups is 1. The summed E-state index contributed by atoms with van der Waals surface area (Å²) in [5, 5.41) is 17.7. The van der Waals surface area contributed by atoms with Gasteiger partial charge in [0.25, 0.3) is 0 Å². The molecule has 0 unspecified atom stereocenters. The molecule has 25 heavy (non-hydrogen) atoms. The highest BCUT2D eigenvalue weighted by Gasteiger charge is 2.40. The van der Waals surface area contributed by atoms with Crippen LogP contribution in [0.25, 0.3) is 0 Å². The number of amides is 3. The van der Waals surface area contributed by atoms with Gasteiger partial charge in [-0.2, -0.15) is 0 Å². The Hall–Kier alpha value is -2.28. The first-order valence-electron chi connectivity index (χ1n) is 8.22. The fourth-order valence-corrected chi connectivity index (χ4v) is 2.99. The SMILES string of the molecule is O=C(CNC(=O)NCc1ccc(Cl)cc1)NC1(C(=O)O)CCCCC1. The van der Waals surface area contributed by atoms with Crippen LogP contribution < -0.4 is 16.0 Å². The third kappa shape index (κ3) is 5.63. The van der Waals surface area contributed by atoms with Crippen LogP contribution >= 0.6 is 11.6 Å². The molecule has 0 aromatic heterocycles. The molecule has 1 aromatic rings. The molecule has 0 saturated heterocycles. The molecule has 1 fully saturated rings. The van der Waals surface area contributed by atoms with Crippen LogP contribution in [0.4, 0.5) is 4.79 Å². The van der Waals surface area contributed by atoms with E-state index in [2.05, 4.69) is 16.0 Å². The van der Waals surface area contributed by atoms with Crippen molar-refractivity contribution < 1.29 is 19.5 Å². The van der Waals surface area contributed by atoms with E-state index < -0.39 is 23.4 Å². The van der Waals surface area contributed by atoms with Crippen LogP contribution in [0.5, 0.6) is 0 Å². The number of hydrogen-bond acceptors (Lipinski definition) is 3. The van der Waals surface area contributed by atoms with Crippen LogP contribution in [0, 0.1) is 0 Å². The largest absolute Gasteiger partial charge is 0.480 e. The zero-order valence-corrected chi connectivity index (χ0v) is 14.6. The fraction of sp³-hybridized carbons (Fsp3) is 0.471. The van der Waals surface area contributed by atoms with Crippen molar-refractivity contribution in [3.8, 4) is 0 Å². The Labute approximate surface area is 151 Å². The number of aliphatic carboxylic acids is 1. The van der Waals surface area contributed by atoms with Gasteiger partial charge in [-0.15, -0.1) is 0 Å². The molecule has 136 valence electrons. The second kappa shape index (κ2) is 8.71. The van der Waals surface area contributed by atoms with E-state index >= 15 is 0 Å². The molecule has 4 N–H and O–H groups in total. The van der Waals surface area contributed by atoms with Crippen LogP contribution in [0.1, 0.15) is 37.7 Å². The van der Waals surface area contributed by atoms with Gasteiger partial charge in [0.1, 0.15) is 5.54 Å². The molecule has 0 atom stereocenters. The summed E-state index contributed by atoms with van der Waals surface area (Å²) in [4.78, 5) is 35.3. The van der Waals surface area contributed by atoms with Gasteiger partial charge in [-0.25, -0.2) is 9.59 Å². The summed E-state index contributed by atoms with van der Waals surface area (Å²) in [7, 11) is 0. The summed E-state index contributed by atoms with van der Waals surface area (Å²) in [6.45, 7) is 0.0190. The highest BCUT2D eigenvalue weighted by molar-refractivity contribution is 6.30. The molecule has 8 heteroatoms. The number of carboxylic acid groups (broad SMARTS) is 1. The normalized spacial score (nSPS) is 15.9. The van der Waals surface area contributed by atoms with E-state index in [0.717, 1.165) is 24.8 Å². The lowest BCUT2D eigenvalue weighted by molar-refractivity contribution is -0.149. The minimum absolute atomic E-state index is 0.276. The predicted octanol–water partition coefficient (Wildman–Crippen LogP) is 2.04. The molecule has 0 aliphatic heterocycles. The number of rotatable bonds is 6. The van der Waals surface area contributed by atoms with Gasteiger partial charge in [0.05, 0.1) is 6.54 Å². The number of hydrogen-bond donors (Lipinski definition) is 4. The number of nitrogens with one attached hydrogen (secondary N) is 3. The number of carbonyl (C=O) groups excluding carboxylic acids is 2. The Balaban J connectivity index is 1.75. The summed E-state index contributed by atoms with van der Waals surface area (Å²) in [5.41, 5.74) is -0.340. The van der Waals surface area contributed by atoms with Gasteiger partial charge in [-0.3, -0.25) is 4.79 Å². The van der Waals surface area contributed by atoms with E-state index in [1.54, 1.807) is 24.3 Å². The van der Waals surface area contributed by atoms with E-state index in [9.17, 15) is 19.5 Å². The van der Waals surface area contributed by atoms with Crippen LogP contribution in [0.2, 0.25) is 5.02 Å². The Morgan fingerprint density at radius 3 is 2.28 bits per heavy atom. The Bertz CT molecular complexity index is 627. The highest BCUT2D eigenvalue weighted by Crippen LogP contribution is 2.28. The maximum atomic E-state index is 12.0. The van der Waals surface area contributed by atoms with E-state index in [1.165, 1.54) is 0 Å². The van der Waals surface area contributed by atoms with Gasteiger partial charge >= 0.3 is 12.0 Å². The third-order valence-electron chi connectivity index (χ3n) is 4.27. The van der Waals surface area contributed by atoms with Crippen molar-refractivity contribution in [3.63, 3.8) is 0 Å². The van der Waals surface area contributed by atoms with Crippen molar-refractivity contribution >= 4 is 29.5 Å². The molecule has 1 aliphatic carbocycles. The molecule has 2 rings (SSSR count). The maximum Gasteiger partial charge on any atom is 0.329 e. The molecule has 0 bridgehead atoms. The number of carbonyl (C=O) groups is 3. The zero-order chi connectivity index (χ0) is 18.3. The van der Waals surface area contributed by atoms with E-state index in [0.29, 0.717) is 24.4 Å². The number of benzene rings is 1. The average molecular weight is 368 g/mol. The average Bonchev–Trinajstić information content (AvgIpc) is 2.60. The van der Waals surface area contributed by atoms with Gasteiger partial charge in [-0.1, -0.05) is 43.0 Å². The first-order chi connectivity index (χ1) is 11.9. The molecule has 1 aliphatic rings. The van der Waals surface area contributed by atoms with Gasteiger partial charge in [-0.05, 0) is 30.5 Å². The zero-order valence-electron chi connectivity index (χ0n) is 13.8. The maximum absolute atomic E-state index is 12.0. The lowest BCUT2D eigenvalue weighted by Gasteiger charge is -2.33. The second-order valence-electron chi connectivity index (χ2n) is 6.16. The lowest BCUT2D eigenvalue weighted by atomic mass is 9.81. The lowest BCUT2D eigenvalue weighted by Crippen LogP contribution is -2.57. The number of carboxylic acids is 1. The van der Waals surface area contributed by atoms with Crippen LogP contribution in [0.15, 0.2) is 24.3 Å². The van der Waals surface area contributed by atoms with Crippen LogP contribution in [-0.4, -0.2) is 35.1 Å². The number of halogens is 1. The summed E-state index contributed by atoms with van der Waals surface area (Å²) >= 11 is 5.79. The molecule has 0 spiro atoms. The van der Waals surface area contributed by atoms with Crippen molar-refractivity contribution in [2.45, 2.75) is 44.2 Å². The standard InChI is InChI=1S/C17H22ClN3O4/c18-13-6-4-12(5-7-13)10-19-16(25)20-11-14(22)21-17(15(23)24)8-2-1-3-9-17/h4-7H,1-3,8-11H2,(H,21,22)(H,23,24)(H2,19,20,25). The van der Waals surface area contributed by atoms with Gasteiger partial charge in [0, 0.05) is 11.6 Å². The topological polar surface area (TPSA) is 108 Å². The summed E-state index contributed by atoms with van der Waals surface area (Å²) in [5.74, 6) is -1.53. The van der Waals surface area contributed by atoms with Gasteiger partial charge in [0.2, 0.25) is 5.91 Å². The molecule has 7 nitrogen and oxygen atoms in total. The minimum atomic E-state index is -1.21. The van der Waals surface area contributed by atoms with E-state index in [1.807, 2.05) is 0 Å². The molecular weight excluding hydrogens is 346 g/mol. The van der Waals surface area contributed by atoms with E-state index in [-0.39, 0.29) is 6.54 Å². The molecule has 0 radical (unpaired) electrons. The van der Waals surface area contributed by atoms with Crippen molar-refractivity contribution in [3.05, 3.63) is 34.9 Å².